The number of rotatable bonds is 9. The summed E-state index contributed by atoms with van der Waals surface area (Å²) in [6.07, 6.45) is 6.53. The predicted octanol–water partition coefficient (Wildman–Crippen LogP) is 3.38. The smallest absolute Gasteiger partial charge is 0.434 e. The lowest BCUT2D eigenvalue weighted by Gasteiger charge is -2.46. The first-order chi connectivity index (χ1) is 19.4. The largest absolute Gasteiger partial charge is 0.511 e. The summed E-state index contributed by atoms with van der Waals surface area (Å²) in [6, 6.07) is -0.490. The molecule has 2 fully saturated rings. The van der Waals surface area contributed by atoms with Crippen LogP contribution in [0.2, 0.25) is 0 Å². The summed E-state index contributed by atoms with van der Waals surface area (Å²) < 4.78 is 42.2. The zero-order valence-electron chi connectivity index (χ0n) is 23.4. The topological polar surface area (TPSA) is 154 Å². The Morgan fingerprint density at radius 1 is 1.22 bits per heavy atom. The van der Waals surface area contributed by atoms with Crippen molar-refractivity contribution in [1.29, 1.82) is 0 Å². The summed E-state index contributed by atoms with van der Waals surface area (Å²) in [5.41, 5.74) is 0.472. The molecule has 2 aromatic heterocycles. The first-order valence-corrected chi connectivity index (χ1v) is 16.6. The van der Waals surface area contributed by atoms with Crippen molar-refractivity contribution >= 4 is 49.6 Å². The van der Waals surface area contributed by atoms with Crippen LogP contribution in [-0.4, -0.2) is 77.1 Å². The van der Waals surface area contributed by atoms with Crippen LogP contribution in [0.3, 0.4) is 0 Å². The molecule has 1 saturated heterocycles. The second-order valence-electron chi connectivity index (χ2n) is 11.1. The zero-order valence-corrected chi connectivity index (χ0v) is 25.1. The van der Waals surface area contributed by atoms with Crippen molar-refractivity contribution < 1.29 is 42.1 Å². The number of fused-ring (bicyclic) bond motifs is 2. The molecule has 4 heterocycles. The monoisotopic (exact) mass is 609 g/mol. The number of imidazole rings is 1. The van der Waals surface area contributed by atoms with Gasteiger partial charge < -0.3 is 24.2 Å². The van der Waals surface area contributed by atoms with Crippen molar-refractivity contribution in [1.82, 2.24) is 14.3 Å². The van der Waals surface area contributed by atoms with E-state index in [1.165, 1.54) is 24.6 Å². The van der Waals surface area contributed by atoms with Crippen molar-refractivity contribution in [2.75, 3.05) is 12.9 Å². The predicted molar refractivity (Wildman–Crippen MR) is 147 cm³/mol. The number of hydrogen-bond acceptors (Lipinski definition) is 11. The van der Waals surface area contributed by atoms with Crippen molar-refractivity contribution in [2.24, 2.45) is 17.8 Å². The first-order valence-electron chi connectivity index (χ1n) is 13.9. The summed E-state index contributed by atoms with van der Waals surface area (Å²) in [7, 11) is -3.61. The molecule has 1 aliphatic carbocycles. The van der Waals surface area contributed by atoms with Gasteiger partial charge in [0.2, 0.25) is 5.91 Å². The van der Waals surface area contributed by atoms with Gasteiger partial charge in [-0.2, -0.15) is 0 Å². The normalized spacial score (nSPS) is 24.7. The number of aromatic nitrogens is 2. The van der Waals surface area contributed by atoms with E-state index in [4.69, 9.17) is 14.2 Å². The molecule has 1 unspecified atom stereocenters. The van der Waals surface area contributed by atoms with Gasteiger partial charge in [0, 0.05) is 30.4 Å². The molecule has 5 rings (SSSR count). The number of hydrogen-bond donors (Lipinski definition) is 1. The van der Waals surface area contributed by atoms with E-state index in [0.29, 0.717) is 21.2 Å². The minimum atomic E-state index is -3.61. The van der Waals surface area contributed by atoms with E-state index in [1.807, 2.05) is 6.92 Å². The molecule has 41 heavy (non-hydrogen) atoms. The Morgan fingerprint density at radius 2 is 1.93 bits per heavy atom. The number of esters is 1. The second-order valence-corrected chi connectivity index (χ2v) is 14.0. The molecule has 5 atom stereocenters. The SMILES string of the molecule is CCC(OC(=O)OCC1CCCCC1)OC(=O)C1=C(c2cn3cnc(S(C)(=O)=O)c3s2)[C@H](C)[C@@H]2[C@@H]([C@@H](C)O)C(=O)N12. The van der Waals surface area contributed by atoms with Crippen LogP contribution in [0.15, 0.2) is 23.2 Å². The van der Waals surface area contributed by atoms with E-state index < -0.39 is 52.2 Å². The van der Waals surface area contributed by atoms with Crippen LogP contribution in [-0.2, 0) is 33.6 Å². The lowest BCUT2D eigenvalue weighted by atomic mass is 9.77. The standard InChI is InChI=1S/C27H35N3O9S2/c1-5-18(39-27(34)37-12-16-9-7-6-8-10-16)38-26(33)22-19(14(2)21-20(15(3)31)24(32)30(21)22)17-11-29-13-28-23(25(29)40-17)41(4,35)36/h11,13-16,18,20-21,31H,5-10,12H2,1-4H3/t14-,15+,18?,20+,21+/m0/s1. The highest BCUT2D eigenvalue weighted by Crippen LogP contribution is 2.52. The fourth-order valence-electron chi connectivity index (χ4n) is 6.09. The van der Waals surface area contributed by atoms with Gasteiger partial charge in [-0.05, 0) is 25.7 Å². The number of amides is 1. The van der Waals surface area contributed by atoms with Crippen LogP contribution in [0, 0.1) is 17.8 Å². The first kappa shape index (κ1) is 29.5. The lowest BCUT2D eigenvalue weighted by molar-refractivity contribution is -0.176. The molecule has 14 heteroatoms. The van der Waals surface area contributed by atoms with Crippen molar-refractivity contribution in [3.8, 4) is 0 Å². The van der Waals surface area contributed by atoms with Gasteiger partial charge in [-0.1, -0.05) is 33.1 Å². The molecule has 1 saturated carbocycles. The van der Waals surface area contributed by atoms with Crippen LogP contribution >= 0.6 is 11.3 Å². The van der Waals surface area contributed by atoms with Crippen LogP contribution in [0.4, 0.5) is 4.79 Å². The molecule has 224 valence electrons. The molecule has 0 aromatic carbocycles. The number of aliphatic hydroxyl groups is 1. The number of β-lactam (4-membered cyclic amide) rings is 1. The third-order valence-corrected chi connectivity index (χ3v) is 10.4. The average molecular weight is 610 g/mol. The van der Waals surface area contributed by atoms with Crippen LogP contribution < -0.4 is 0 Å². The van der Waals surface area contributed by atoms with Crippen molar-refractivity contribution in [3.63, 3.8) is 0 Å². The Bertz CT molecular complexity index is 1490. The third-order valence-electron chi connectivity index (χ3n) is 8.12. The Kier molecular flexibility index (Phi) is 8.18. The molecule has 3 aliphatic rings. The molecule has 12 nitrogen and oxygen atoms in total. The maximum atomic E-state index is 13.6. The summed E-state index contributed by atoms with van der Waals surface area (Å²) in [5.74, 6) is -2.08. The van der Waals surface area contributed by atoms with E-state index in [1.54, 1.807) is 17.5 Å². The summed E-state index contributed by atoms with van der Waals surface area (Å²) >= 11 is 1.13. The maximum absolute atomic E-state index is 13.6. The van der Waals surface area contributed by atoms with Gasteiger partial charge in [-0.3, -0.25) is 9.20 Å². The quantitative estimate of drug-likeness (QED) is 0.254. The number of carbonyl (C=O) groups excluding carboxylic acids is 3. The van der Waals surface area contributed by atoms with Crippen molar-refractivity contribution in [2.45, 2.75) is 82.8 Å². The van der Waals surface area contributed by atoms with Gasteiger partial charge >= 0.3 is 12.1 Å². The number of thiazole rings is 1. The number of ether oxygens (including phenoxy) is 3. The molecule has 2 aromatic rings. The number of sulfone groups is 1. The average Bonchev–Trinajstić information content (AvgIpc) is 3.56. The molecule has 1 amide bonds. The number of aliphatic hydroxyl groups excluding tert-OH is 1. The molecule has 0 bridgehead atoms. The molecule has 0 spiro atoms. The van der Waals surface area contributed by atoms with E-state index in [0.717, 1.165) is 43.3 Å². The van der Waals surface area contributed by atoms with E-state index in [2.05, 4.69) is 4.98 Å². The molecule has 1 N–H and O–H groups in total. The van der Waals surface area contributed by atoms with E-state index in [9.17, 15) is 27.9 Å². The zero-order chi connectivity index (χ0) is 29.6. The van der Waals surface area contributed by atoms with Crippen LogP contribution in [0.5, 0.6) is 0 Å². The number of carbonyl (C=O) groups is 3. The lowest BCUT2D eigenvalue weighted by Crippen LogP contribution is -2.63. The Morgan fingerprint density at radius 3 is 2.56 bits per heavy atom. The fraction of sp³-hybridized carbons (Fsp3) is 0.630. The van der Waals surface area contributed by atoms with Gasteiger partial charge in [0.05, 0.1) is 29.5 Å². The highest BCUT2D eigenvalue weighted by molar-refractivity contribution is 7.91. The van der Waals surface area contributed by atoms with Crippen LogP contribution in [0.1, 0.15) is 64.2 Å². The van der Waals surface area contributed by atoms with Crippen molar-refractivity contribution in [3.05, 3.63) is 23.1 Å². The molecule has 0 radical (unpaired) electrons. The second kappa shape index (κ2) is 11.4. The Labute approximate surface area is 242 Å². The molecular weight excluding hydrogens is 574 g/mol. The summed E-state index contributed by atoms with van der Waals surface area (Å²) in [6.45, 7) is 5.30. The Hall–Kier alpha value is -2.97. The van der Waals surface area contributed by atoms with Gasteiger partial charge in [0.25, 0.3) is 6.29 Å². The van der Waals surface area contributed by atoms with E-state index >= 15 is 0 Å². The summed E-state index contributed by atoms with van der Waals surface area (Å²) in [4.78, 5) is 45.4. The van der Waals surface area contributed by atoms with Gasteiger partial charge in [-0.25, -0.2) is 23.0 Å². The van der Waals surface area contributed by atoms with Crippen LogP contribution in [0.25, 0.3) is 10.4 Å². The maximum Gasteiger partial charge on any atom is 0.511 e. The number of nitrogens with zero attached hydrogens (tertiary/aromatic N) is 3. The minimum absolute atomic E-state index is 0.0135. The summed E-state index contributed by atoms with van der Waals surface area (Å²) in [5, 5.41) is 10.2. The molecular formula is C27H35N3O9S2. The Balaban J connectivity index is 1.41. The minimum Gasteiger partial charge on any atom is -0.434 e. The third kappa shape index (κ3) is 5.48. The molecule has 2 aliphatic heterocycles. The van der Waals surface area contributed by atoms with E-state index in [-0.39, 0.29) is 29.7 Å². The fourth-order valence-corrected chi connectivity index (χ4v) is 8.44. The highest BCUT2D eigenvalue weighted by Gasteiger charge is 2.60. The highest BCUT2D eigenvalue weighted by atomic mass is 32.2. The van der Waals surface area contributed by atoms with Gasteiger partial charge in [0.1, 0.15) is 16.9 Å². The van der Waals surface area contributed by atoms with Gasteiger partial charge in [0.15, 0.2) is 14.9 Å². The van der Waals surface area contributed by atoms with Gasteiger partial charge in [-0.15, -0.1) is 11.3 Å².